The molecule has 0 radical (unpaired) electrons. The van der Waals surface area contributed by atoms with E-state index >= 15 is 0 Å². The monoisotopic (exact) mass is 311 g/mol. The van der Waals surface area contributed by atoms with Gasteiger partial charge in [0.25, 0.3) is 5.69 Å². The highest BCUT2D eigenvalue weighted by molar-refractivity contribution is 5.95. The van der Waals surface area contributed by atoms with Gasteiger partial charge in [0.15, 0.2) is 17.3 Å². The van der Waals surface area contributed by atoms with Gasteiger partial charge < -0.3 is 9.73 Å². The molecule has 0 unspecified atom stereocenters. The number of carbonyl (C=O) groups is 1. The third kappa shape index (κ3) is 2.89. The molecule has 0 bridgehead atoms. The smallest absolute Gasteiger partial charge is 0.293 e. The number of carbonyl (C=O) groups excluding carboxylic acids is 1. The topological polar surface area (TPSA) is 98.3 Å². The molecule has 0 fully saturated rings. The lowest BCUT2D eigenvalue weighted by Gasteiger charge is -2.08. The number of hydrogen-bond acceptors (Lipinski definition) is 6. The van der Waals surface area contributed by atoms with Crippen molar-refractivity contribution in [1.29, 1.82) is 0 Å². The number of Topliss-reactive ketones (excluding diaryl/α,β-unsaturated/α-hetero) is 1. The first-order valence-corrected chi connectivity index (χ1v) is 6.87. The van der Waals surface area contributed by atoms with Gasteiger partial charge in [0, 0.05) is 24.2 Å². The molecule has 0 atom stereocenters. The van der Waals surface area contributed by atoms with E-state index in [4.69, 9.17) is 4.42 Å². The number of hydrogen-bond donors (Lipinski definition) is 1. The van der Waals surface area contributed by atoms with E-state index in [1.165, 1.54) is 19.1 Å². The maximum atomic E-state index is 11.4. The van der Waals surface area contributed by atoms with Gasteiger partial charge in [-0.15, -0.1) is 0 Å². The molecule has 1 aromatic heterocycles. The van der Waals surface area contributed by atoms with Crippen molar-refractivity contribution in [2.24, 2.45) is 0 Å². The van der Waals surface area contributed by atoms with E-state index in [0.29, 0.717) is 33.9 Å². The minimum absolute atomic E-state index is 0.158. The van der Waals surface area contributed by atoms with E-state index in [0.717, 1.165) is 0 Å². The Balaban J connectivity index is 2.00. The molecule has 1 N–H and O–H groups in total. The highest BCUT2D eigenvalue weighted by Crippen LogP contribution is 2.30. The summed E-state index contributed by atoms with van der Waals surface area (Å²) in [5.74, 6) is 0.327. The molecule has 0 aliphatic carbocycles. The van der Waals surface area contributed by atoms with Crippen molar-refractivity contribution in [3.63, 3.8) is 0 Å². The highest BCUT2D eigenvalue weighted by Gasteiger charge is 2.16. The Morgan fingerprint density at radius 1 is 1.26 bits per heavy atom. The van der Waals surface area contributed by atoms with Gasteiger partial charge in [-0.2, -0.15) is 0 Å². The molecule has 7 heteroatoms. The van der Waals surface area contributed by atoms with Crippen molar-refractivity contribution in [2.45, 2.75) is 13.8 Å². The Morgan fingerprint density at radius 2 is 2.04 bits per heavy atom. The molecule has 7 nitrogen and oxygen atoms in total. The second-order valence-corrected chi connectivity index (χ2v) is 5.09. The highest BCUT2D eigenvalue weighted by atomic mass is 16.6. The largest absolute Gasteiger partial charge is 0.441 e. The van der Waals surface area contributed by atoms with E-state index in [1.807, 2.05) is 0 Å². The van der Waals surface area contributed by atoms with Crippen LogP contribution in [-0.4, -0.2) is 15.7 Å². The summed E-state index contributed by atoms with van der Waals surface area (Å²) in [6.45, 7) is 3.12. The summed E-state index contributed by atoms with van der Waals surface area (Å²) in [6, 6.07) is 9.57. The molecule has 0 aliphatic heterocycles. The van der Waals surface area contributed by atoms with Gasteiger partial charge in [-0.3, -0.25) is 14.9 Å². The van der Waals surface area contributed by atoms with Crippen LogP contribution in [0.4, 0.5) is 17.1 Å². The number of aromatic nitrogens is 1. The number of benzene rings is 2. The summed E-state index contributed by atoms with van der Waals surface area (Å²) >= 11 is 0. The summed E-state index contributed by atoms with van der Waals surface area (Å²) in [5.41, 5.74) is 2.40. The summed E-state index contributed by atoms with van der Waals surface area (Å²) in [6.07, 6.45) is 0. The second kappa shape index (κ2) is 5.53. The van der Waals surface area contributed by atoms with E-state index in [-0.39, 0.29) is 11.5 Å². The molecule has 23 heavy (non-hydrogen) atoms. The Hall–Kier alpha value is -3.22. The maximum absolute atomic E-state index is 11.4. The van der Waals surface area contributed by atoms with Gasteiger partial charge in [-0.25, -0.2) is 4.98 Å². The Morgan fingerprint density at radius 3 is 2.74 bits per heavy atom. The Kier molecular flexibility index (Phi) is 3.53. The van der Waals surface area contributed by atoms with Gasteiger partial charge in [0.05, 0.1) is 4.92 Å². The summed E-state index contributed by atoms with van der Waals surface area (Å²) in [4.78, 5) is 26.3. The number of rotatable bonds is 4. The number of oxazole rings is 1. The van der Waals surface area contributed by atoms with Crippen LogP contribution in [0.2, 0.25) is 0 Å². The third-order valence-electron chi connectivity index (χ3n) is 3.37. The molecule has 0 amide bonds. The van der Waals surface area contributed by atoms with Crippen molar-refractivity contribution < 1.29 is 14.1 Å². The van der Waals surface area contributed by atoms with Crippen LogP contribution in [-0.2, 0) is 0 Å². The van der Waals surface area contributed by atoms with Crippen molar-refractivity contribution >= 4 is 33.9 Å². The number of nitro groups is 1. The van der Waals surface area contributed by atoms with Crippen LogP contribution in [0.3, 0.4) is 0 Å². The van der Waals surface area contributed by atoms with Crippen LogP contribution in [0.5, 0.6) is 0 Å². The van der Waals surface area contributed by atoms with Gasteiger partial charge in [0.1, 0.15) is 11.2 Å². The van der Waals surface area contributed by atoms with Crippen molar-refractivity contribution in [3.8, 4) is 0 Å². The number of ketones is 1. The second-order valence-electron chi connectivity index (χ2n) is 5.09. The van der Waals surface area contributed by atoms with E-state index < -0.39 is 4.92 Å². The molecule has 0 spiro atoms. The number of anilines is 2. The summed E-state index contributed by atoms with van der Waals surface area (Å²) < 4.78 is 5.39. The number of fused-ring (bicyclic) bond motifs is 1. The Bertz CT molecular complexity index is 930. The van der Waals surface area contributed by atoms with Crippen molar-refractivity contribution in [1.82, 2.24) is 4.98 Å². The molecular formula is C16H13N3O4. The van der Waals surface area contributed by atoms with Crippen molar-refractivity contribution in [3.05, 3.63) is 58.0 Å². The molecule has 0 saturated heterocycles. The quantitative estimate of drug-likeness (QED) is 0.444. The fourth-order valence-corrected chi connectivity index (χ4v) is 2.28. The molecule has 3 aromatic rings. The normalized spacial score (nSPS) is 10.7. The standard InChI is InChI=1S/C16H13N3O4/c1-9(20)11-3-5-13(15(7-11)19(21)22)18-12-4-6-16-14(8-12)17-10(2)23-16/h3-8,18H,1-2H3. The first kappa shape index (κ1) is 14.7. The van der Waals surface area contributed by atoms with Crippen molar-refractivity contribution in [2.75, 3.05) is 5.32 Å². The van der Waals surface area contributed by atoms with Crippen LogP contribution < -0.4 is 5.32 Å². The van der Waals surface area contributed by atoms with Gasteiger partial charge in [-0.05, 0) is 37.3 Å². The Labute approximate surface area is 131 Å². The molecule has 0 saturated carbocycles. The maximum Gasteiger partial charge on any atom is 0.293 e. The number of nitro benzene ring substituents is 1. The molecule has 116 valence electrons. The molecule has 0 aliphatic rings. The first-order valence-electron chi connectivity index (χ1n) is 6.87. The predicted octanol–water partition coefficient (Wildman–Crippen LogP) is 3.99. The number of nitrogens with zero attached hydrogens (tertiary/aromatic N) is 2. The molecule has 3 rings (SSSR count). The number of nitrogens with one attached hydrogen (secondary N) is 1. The molecular weight excluding hydrogens is 298 g/mol. The third-order valence-corrected chi connectivity index (χ3v) is 3.37. The zero-order chi connectivity index (χ0) is 16.6. The molecule has 2 aromatic carbocycles. The lowest BCUT2D eigenvalue weighted by Crippen LogP contribution is -2.00. The van der Waals surface area contributed by atoms with Crippen LogP contribution in [0.1, 0.15) is 23.2 Å². The zero-order valence-corrected chi connectivity index (χ0v) is 12.5. The lowest BCUT2D eigenvalue weighted by atomic mass is 10.1. The van der Waals surface area contributed by atoms with Crippen LogP contribution in [0.15, 0.2) is 40.8 Å². The van der Waals surface area contributed by atoms with E-state index in [2.05, 4.69) is 10.3 Å². The first-order chi connectivity index (χ1) is 10.9. The lowest BCUT2D eigenvalue weighted by molar-refractivity contribution is -0.383. The van der Waals surface area contributed by atoms with Gasteiger partial charge >= 0.3 is 0 Å². The minimum atomic E-state index is -0.520. The van der Waals surface area contributed by atoms with Crippen LogP contribution in [0, 0.1) is 17.0 Å². The van der Waals surface area contributed by atoms with E-state index in [9.17, 15) is 14.9 Å². The fraction of sp³-hybridized carbons (Fsp3) is 0.125. The molecule has 1 heterocycles. The predicted molar refractivity (Wildman–Crippen MR) is 85.1 cm³/mol. The van der Waals surface area contributed by atoms with Gasteiger partial charge in [-0.1, -0.05) is 0 Å². The average Bonchev–Trinajstić information content (AvgIpc) is 2.86. The number of aryl methyl sites for hydroxylation is 1. The summed E-state index contributed by atoms with van der Waals surface area (Å²) in [5, 5.41) is 14.2. The minimum Gasteiger partial charge on any atom is -0.441 e. The van der Waals surface area contributed by atoms with Gasteiger partial charge in [0.2, 0.25) is 0 Å². The van der Waals surface area contributed by atoms with E-state index in [1.54, 1.807) is 31.2 Å². The van der Waals surface area contributed by atoms with Crippen LogP contribution in [0.25, 0.3) is 11.1 Å². The zero-order valence-electron chi connectivity index (χ0n) is 12.5. The fourth-order valence-electron chi connectivity index (χ4n) is 2.28. The average molecular weight is 311 g/mol. The SMILES string of the molecule is CC(=O)c1ccc(Nc2ccc3oc(C)nc3c2)c([N+](=O)[O-])c1. The van der Waals surface area contributed by atoms with Crippen LogP contribution >= 0.6 is 0 Å². The summed E-state index contributed by atoms with van der Waals surface area (Å²) in [7, 11) is 0.